The molecule has 9 rings (SSSR count). The minimum absolute atomic E-state index is 0.0518. The lowest BCUT2D eigenvalue weighted by atomic mass is 9.84. The number of fused-ring (bicyclic) bond motifs is 4. The third-order valence-electron chi connectivity index (χ3n) is 12.6. The molecule has 0 amide bonds. The van der Waals surface area contributed by atoms with E-state index in [4.69, 9.17) is 24.2 Å². The summed E-state index contributed by atoms with van der Waals surface area (Å²) in [4.78, 5) is 14.5. The number of ether oxygens (including phenoxy) is 3. The number of nitrogens with zero attached hydrogens (tertiary/aromatic N) is 6. The van der Waals surface area contributed by atoms with E-state index in [-0.39, 0.29) is 47.2 Å². The monoisotopic (exact) mass is 712 g/mol. The van der Waals surface area contributed by atoms with Crippen molar-refractivity contribution in [2.24, 2.45) is 16.7 Å². The van der Waals surface area contributed by atoms with Crippen molar-refractivity contribution in [3.8, 4) is 6.01 Å². The Bertz CT molecular complexity index is 1810. The fourth-order valence-electron chi connectivity index (χ4n) is 9.84. The first-order valence-corrected chi connectivity index (χ1v) is 18.9. The first-order valence-electron chi connectivity index (χ1n) is 18.9. The molecule has 51 heavy (non-hydrogen) atoms. The predicted molar refractivity (Wildman–Crippen MR) is 182 cm³/mol. The zero-order chi connectivity index (χ0) is 35.1. The first-order chi connectivity index (χ1) is 24.5. The molecule has 4 aliphatic heterocycles. The van der Waals surface area contributed by atoms with E-state index >= 15 is 0 Å². The van der Waals surface area contributed by atoms with Gasteiger partial charge in [0.2, 0.25) is 0 Å². The van der Waals surface area contributed by atoms with Crippen molar-refractivity contribution in [2.75, 3.05) is 50.8 Å². The molecule has 3 aromatic rings. The molecule has 13 heteroatoms. The van der Waals surface area contributed by atoms with E-state index in [1.807, 2.05) is 0 Å². The smallest absolute Gasteiger partial charge is 0.417 e. The van der Waals surface area contributed by atoms with Crippen LogP contribution in [0.4, 0.5) is 23.4 Å². The fourth-order valence-corrected chi connectivity index (χ4v) is 9.84. The number of anilines is 1. The van der Waals surface area contributed by atoms with Crippen molar-refractivity contribution < 1.29 is 31.8 Å². The standard InChI is InChI=1S/C38H48F4N6O3/c1-23-13-29-26(16-43-48(29)31-5-3-4-12-49-31)32(33(23)38(40,41)42)30-14-28-27(19-50-30)34(47-17-24-6-8-36(2,15-24)20-47)45-35(44-28)51-22-37(9-10-37)21-46-11-7-25(39)18-46/h13,16,24-25,30-31H,3-12,14-15,17-22H2,1-2H3/t24-,25+,30?,31?,36-/m0/s1. The number of hydrogen-bond acceptors (Lipinski definition) is 8. The molecule has 5 fully saturated rings. The Morgan fingerprint density at radius 1 is 1.06 bits per heavy atom. The molecule has 3 saturated heterocycles. The lowest BCUT2D eigenvalue weighted by Crippen LogP contribution is -2.43. The molecule has 2 aromatic heterocycles. The van der Waals surface area contributed by atoms with Crippen LogP contribution in [0.1, 0.15) is 105 Å². The normalized spacial score (nSPS) is 30.6. The van der Waals surface area contributed by atoms with Gasteiger partial charge in [0, 0.05) is 67.7 Å². The van der Waals surface area contributed by atoms with Gasteiger partial charge in [0.1, 0.15) is 12.0 Å². The third kappa shape index (κ3) is 6.38. The van der Waals surface area contributed by atoms with E-state index < -0.39 is 24.0 Å². The average molecular weight is 713 g/mol. The second-order valence-electron chi connectivity index (χ2n) is 16.8. The number of likely N-dealkylation sites (tertiary alicyclic amines) is 1. The van der Waals surface area contributed by atoms with E-state index in [1.165, 1.54) is 26.2 Å². The minimum atomic E-state index is -4.59. The molecule has 2 aliphatic carbocycles. The van der Waals surface area contributed by atoms with Crippen LogP contribution in [0, 0.1) is 23.7 Å². The van der Waals surface area contributed by atoms with Gasteiger partial charge in [-0.1, -0.05) is 6.92 Å². The summed E-state index contributed by atoms with van der Waals surface area (Å²) in [6.07, 6.45) is 3.94. The summed E-state index contributed by atoms with van der Waals surface area (Å²) in [5.74, 6) is 1.36. The molecule has 0 N–H and O–H groups in total. The molecule has 276 valence electrons. The van der Waals surface area contributed by atoms with Crippen molar-refractivity contribution in [2.45, 2.75) is 109 Å². The number of aromatic nitrogens is 4. The summed E-state index contributed by atoms with van der Waals surface area (Å²) in [5, 5.41) is 5.01. The number of alkyl halides is 4. The summed E-state index contributed by atoms with van der Waals surface area (Å²) in [6.45, 7) is 8.74. The van der Waals surface area contributed by atoms with Crippen LogP contribution in [0.15, 0.2) is 12.3 Å². The van der Waals surface area contributed by atoms with Gasteiger partial charge in [-0.3, -0.25) is 4.90 Å². The average Bonchev–Trinajstić information content (AvgIpc) is 3.37. The van der Waals surface area contributed by atoms with Gasteiger partial charge >= 0.3 is 12.2 Å². The highest BCUT2D eigenvalue weighted by Crippen LogP contribution is 2.50. The third-order valence-corrected chi connectivity index (χ3v) is 12.6. The van der Waals surface area contributed by atoms with E-state index in [2.05, 4.69) is 21.8 Å². The summed E-state index contributed by atoms with van der Waals surface area (Å²) in [5.41, 5.74) is 1.82. The molecule has 0 radical (unpaired) electrons. The maximum Gasteiger partial charge on any atom is 0.417 e. The van der Waals surface area contributed by atoms with E-state index in [0.29, 0.717) is 48.7 Å². The Morgan fingerprint density at radius 3 is 2.65 bits per heavy atom. The highest BCUT2D eigenvalue weighted by molar-refractivity contribution is 5.85. The second-order valence-corrected chi connectivity index (χ2v) is 16.8. The number of piperidine rings is 1. The molecule has 1 aromatic carbocycles. The summed E-state index contributed by atoms with van der Waals surface area (Å²) < 4.78 is 79.4. The maximum atomic E-state index is 14.9. The topological polar surface area (TPSA) is 77.8 Å². The Labute approximate surface area is 296 Å². The van der Waals surface area contributed by atoms with Crippen LogP contribution < -0.4 is 9.64 Å². The molecule has 9 nitrogen and oxygen atoms in total. The zero-order valence-corrected chi connectivity index (χ0v) is 29.6. The van der Waals surface area contributed by atoms with E-state index in [1.54, 1.807) is 16.9 Å². The number of rotatable bonds is 8. The lowest BCUT2D eigenvalue weighted by molar-refractivity contribution is -0.140. The molecule has 2 unspecified atom stereocenters. The molecular formula is C38H48F4N6O3. The number of hydrogen-bond donors (Lipinski definition) is 0. The minimum Gasteiger partial charge on any atom is -0.463 e. The van der Waals surface area contributed by atoms with Crippen molar-refractivity contribution in [3.63, 3.8) is 0 Å². The van der Waals surface area contributed by atoms with Crippen LogP contribution in [-0.2, 0) is 28.7 Å². The molecule has 6 heterocycles. The van der Waals surface area contributed by atoms with Crippen molar-refractivity contribution >= 4 is 16.7 Å². The predicted octanol–water partition coefficient (Wildman–Crippen LogP) is 7.50. The van der Waals surface area contributed by atoms with Crippen LogP contribution in [-0.4, -0.2) is 76.8 Å². The Morgan fingerprint density at radius 2 is 1.92 bits per heavy atom. The van der Waals surface area contributed by atoms with Crippen LogP contribution in [0.2, 0.25) is 0 Å². The van der Waals surface area contributed by atoms with Crippen LogP contribution in [0.3, 0.4) is 0 Å². The highest BCUT2D eigenvalue weighted by Gasteiger charge is 2.47. The molecule has 5 atom stereocenters. The van der Waals surface area contributed by atoms with Crippen LogP contribution in [0.5, 0.6) is 6.01 Å². The van der Waals surface area contributed by atoms with Gasteiger partial charge in [0.25, 0.3) is 0 Å². The first kappa shape index (κ1) is 33.8. The SMILES string of the molecule is Cc1cc2c(cnn2C2CCCCO2)c(C2Cc3nc(OCC4(CN5CC[C@@H](F)C5)CC4)nc(N4C[C@H]5CC[C@@](C)(C5)C4)c3CO2)c1C(F)(F)F. The van der Waals surface area contributed by atoms with Crippen molar-refractivity contribution in [1.29, 1.82) is 0 Å². The van der Waals surface area contributed by atoms with E-state index in [9.17, 15) is 17.6 Å². The zero-order valence-electron chi connectivity index (χ0n) is 29.6. The molecular weight excluding hydrogens is 664 g/mol. The number of halogens is 4. The largest absolute Gasteiger partial charge is 0.463 e. The van der Waals surface area contributed by atoms with Gasteiger partial charge in [-0.15, -0.1) is 0 Å². The Balaban J connectivity index is 1.07. The van der Waals surface area contributed by atoms with Gasteiger partial charge in [-0.2, -0.15) is 28.2 Å². The highest BCUT2D eigenvalue weighted by atomic mass is 19.4. The number of aryl methyl sites for hydroxylation is 1. The Hall–Kier alpha value is -3.03. The van der Waals surface area contributed by atoms with Gasteiger partial charge in [0.05, 0.1) is 42.3 Å². The van der Waals surface area contributed by atoms with Gasteiger partial charge < -0.3 is 19.1 Å². The van der Waals surface area contributed by atoms with Gasteiger partial charge in [-0.25, -0.2) is 9.07 Å². The Kier molecular flexibility index (Phi) is 8.31. The van der Waals surface area contributed by atoms with Crippen molar-refractivity contribution in [1.82, 2.24) is 24.6 Å². The van der Waals surface area contributed by atoms with Gasteiger partial charge in [0.15, 0.2) is 6.23 Å². The van der Waals surface area contributed by atoms with Crippen LogP contribution >= 0.6 is 0 Å². The fraction of sp³-hybridized carbons (Fsp3) is 0.711. The quantitative estimate of drug-likeness (QED) is 0.223. The summed E-state index contributed by atoms with van der Waals surface area (Å²) in [6, 6.07) is 1.85. The maximum absolute atomic E-state index is 14.9. The summed E-state index contributed by atoms with van der Waals surface area (Å²) >= 11 is 0. The van der Waals surface area contributed by atoms with Crippen molar-refractivity contribution in [3.05, 3.63) is 40.2 Å². The molecule has 2 saturated carbocycles. The molecule has 0 spiro atoms. The summed E-state index contributed by atoms with van der Waals surface area (Å²) in [7, 11) is 0. The van der Waals surface area contributed by atoms with Gasteiger partial charge in [-0.05, 0) is 87.7 Å². The molecule has 6 aliphatic rings. The molecule has 2 bridgehead atoms. The lowest BCUT2D eigenvalue weighted by Gasteiger charge is -2.40. The second kappa shape index (κ2) is 12.5. The van der Waals surface area contributed by atoms with Crippen LogP contribution in [0.25, 0.3) is 10.9 Å². The number of benzene rings is 1. The van der Waals surface area contributed by atoms with E-state index in [0.717, 1.165) is 69.7 Å².